The molecule has 1 aromatic rings. The number of aryl methyl sites for hydroxylation is 1. The number of amides is 1. The average Bonchev–Trinajstić information content (AvgIpc) is 2.63. The van der Waals surface area contributed by atoms with Crippen LogP contribution in [0.15, 0.2) is 23.2 Å². The van der Waals surface area contributed by atoms with Crippen LogP contribution in [-0.2, 0) is 4.79 Å². The first kappa shape index (κ1) is 15.5. The van der Waals surface area contributed by atoms with Crippen LogP contribution in [0, 0.1) is 18.7 Å². The summed E-state index contributed by atoms with van der Waals surface area (Å²) >= 11 is 0. The van der Waals surface area contributed by atoms with E-state index < -0.39 is 0 Å². The molecule has 0 aliphatic heterocycles. The fraction of sp³-hybridized carbons (Fsp3) is 0.500. The van der Waals surface area contributed by atoms with Gasteiger partial charge in [-0.2, -0.15) is 4.99 Å². The number of nitrogens with zero attached hydrogens (tertiary/aromatic N) is 1. The van der Waals surface area contributed by atoms with Gasteiger partial charge in [0.05, 0.1) is 0 Å². The lowest BCUT2D eigenvalue weighted by Gasteiger charge is -2.16. The van der Waals surface area contributed by atoms with E-state index in [9.17, 15) is 9.18 Å². The number of rotatable bonds is 2. The molecule has 4 nitrogen and oxygen atoms in total. The Morgan fingerprint density at radius 2 is 2.00 bits per heavy atom. The molecule has 2 atom stereocenters. The van der Waals surface area contributed by atoms with Crippen molar-refractivity contribution in [1.29, 1.82) is 0 Å². The second-order valence-electron chi connectivity index (χ2n) is 5.80. The van der Waals surface area contributed by atoms with Gasteiger partial charge in [-0.1, -0.05) is 18.6 Å². The van der Waals surface area contributed by atoms with E-state index >= 15 is 0 Å². The molecule has 0 radical (unpaired) electrons. The standard InChI is InChI=1S/C16H22FN3O/c1-10-5-8-13(14(17)9-10)11-3-2-4-12(7-6-11)15(21)20-16(18)19/h5,8-9,11-12H,2-4,6-7H2,1H3,(H4,18,19,20,21). The van der Waals surface area contributed by atoms with E-state index in [0.29, 0.717) is 6.42 Å². The number of carbonyl (C=O) groups excluding carboxylic acids is 1. The molecule has 0 bridgehead atoms. The van der Waals surface area contributed by atoms with Crippen LogP contribution in [-0.4, -0.2) is 11.9 Å². The van der Waals surface area contributed by atoms with Gasteiger partial charge in [0.15, 0.2) is 5.96 Å². The average molecular weight is 291 g/mol. The Balaban J connectivity index is 2.07. The maximum Gasteiger partial charge on any atom is 0.251 e. The number of nitrogens with two attached hydrogens (primary N) is 2. The van der Waals surface area contributed by atoms with Crippen LogP contribution in [0.4, 0.5) is 4.39 Å². The van der Waals surface area contributed by atoms with Crippen LogP contribution >= 0.6 is 0 Å². The molecule has 1 aromatic carbocycles. The molecule has 21 heavy (non-hydrogen) atoms. The second-order valence-corrected chi connectivity index (χ2v) is 5.80. The van der Waals surface area contributed by atoms with Crippen LogP contribution in [0.5, 0.6) is 0 Å². The van der Waals surface area contributed by atoms with Crippen LogP contribution in [0.3, 0.4) is 0 Å². The first-order valence-corrected chi connectivity index (χ1v) is 7.37. The summed E-state index contributed by atoms with van der Waals surface area (Å²) in [6, 6.07) is 5.38. The summed E-state index contributed by atoms with van der Waals surface area (Å²) in [6.07, 6.45) is 4.03. The lowest BCUT2D eigenvalue weighted by atomic mass is 9.90. The van der Waals surface area contributed by atoms with Crippen LogP contribution < -0.4 is 11.5 Å². The van der Waals surface area contributed by atoms with Crippen molar-refractivity contribution in [3.63, 3.8) is 0 Å². The minimum absolute atomic E-state index is 0.144. The van der Waals surface area contributed by atoms with Gasteiger partial charge in [-0.05, 0) is 55.7 Å². The summed E-state index contributed by atoms with van der Waals surface area (Å²) in [6.45, 7) is 1.88. The summed E-state index contributed by atoms with van der Waals surface area (Å²) in [5.41, 5.74) is 12.2. The highest BCUT2D eigenvalue weighted by atomic mass is 19.1. The zero-order valence-electron chi connectivity index (χ0n) is 12.3. The van der Waals surface area contributed by atoms with Crippen LogP contribution in [0.1, 0.15) is 49.1 Å². The number of benzene rings is 1. The molecule has 114 valence electrons. The van der Waals surface area contributed by atoms with Gasteiger partial charge in [0.2, 0.25) is 0 Å². The number of hydrogen-bond donors (Lipinski definition) is 2. The molecular weight excluding hydrogens is 269 g/mol. The van der Waals surface area contributed by atoms with E-state index in [1.165, 1.54) is 0 Å². The summed E-state index contributed by atoms with van der Waals surface area (Å²) in [5, 5.41) is 0. The smallest absolute Gasteiger partial charge is 0.251 e. The minimum Gasteiger partial charge on any atom is -0.370 e. The third kappa shape index (κ3) is 4.03. The molecule has 1 aliphatic carbocycles. The fourth-order valence-electron chi connectivity index (χ4n) is 3.04. The molecule has 4 N–H and O–H groups in total. The van der Waals surface area contributed by atoms with E-state index in [-0.39, 0.29) is 29.5 Å². The van der Waals surface area contributed by atoms with Gasteiger partial charge in [-0.3, -0.25) is 4.79 Å². The highest BCUT2D eigenvalue weighted by molar-refractivity contribution is 5.92. The molecule has 0 aromatic heterocycles. The van der Waals surface area contributed by atoms with E-state index in [1.54, 1.807) is 6.07 Å². The molecule has 1 aliphatic rings. The lowest BCUT2D eigenvalue weighted by molar-refractivity contribution is -0.121. The van der Waals surface area contributed by atoms with Crippen LogP contribution in [0.25, 0.3) is 0 Å². The Labute approximate surface area is 124 Å². The van der Waals surface area contributed by atoms with Gasteiger partial charge in [-0.15, -0.1) is 0 Å². The fourth-order valence-corrected chi connectivity index (χ4v) is 3.04. The molecule has 2 unspecified atom stereocenters. The van der Waals surface area contributed by atoms with Crippen molar-refractivity contribution in [2.45, 2.75) is 44.9 Å². The Morgan fingerprint density at radius 3 is 2.67 bits per heavy atom. The molecule has 0 heterocycles. The van der Waals surface area contributed by atoms with Crippen molar-refractivity contribution in [2.24, 2.45) is 22.4 Å². The Kier molecular flexibility index (Phi) is 4.94. The normalized spacial score (nSPS) is 22.4. The van der Waals surface area contributed by atoms with Gasteiger partial charge in [-0.25, -0.2) is 4.39 Å². The molecule has 1 saturated carbocycles. The van der Waals surface area contributed by atoms with Crippen LogP contribution in [0.2, 0.25) is 0 Å². The van der Waals surface area contributed by atoms with Gasteiger partial charge in [0, 0.05) is 5.92 Å². The van der Waals surface area contributed by atoms with Gasteiger partial charge >= 0.3 is 0 Å². The van der Waals surface area contributed by atoms with Gasteiger partial charge < -0.3 is 11.5 Å². The molecule has 1 amide bonds. The highest BCUT2D eigenvalue weighted by Gasteiger charge is 2.26. The number of carbonyl (C=O) groups is 1. The van der Waals surface area contributed by atoms with Crippen molar-refractivity contribution in [1.82, 2.24) is 0 Å². The Morgan fingerprint density at radius 1 is 1.24 bits per heavy atom. The zero-order chi connectivity index (χ0) is 15.4. The van der Waals surface area contributed by atoms with E-state index in [4.69, 9.17) is 11.5 Å². The maximum atomic E-state index is 14.1. The summed E-state index contributed by atoms with van der Waals surface area (Å²) in [5.74, 6) is -0.562. The molecule has 2 rings (SSSR count). The second kappa shape index (κ2) is 6.70. The van der Waals surface area contributed by atoms with Crippen molar-refractivity contribution in [3.05, 3.63) is 35.1 Å². The van der Waals surface area contributed by atoms with Crippen molar-refractivity contribution in [2.75, 3.05) is 0 Å². The Hall–Kier alpha value is -1.91. The lowest BCUT2D eigenvalue weighted by Crippen LogP contribution is -2.26. The number of halogens is 1. The van der Waals surface area contributed by atoms with E-state index in [1.807, 2.05) is 19.1 Å². The predicted molar refractivity (Wildman–Crippen MR) is 81.3 cm³/mol. The minimum atomic E-state index is -0.250. The van der Waals surface area contributed by atoms with E-state index in [2.05, 4.69) is 4.99 Å². The van der Waals surface area contributed by atoms with Crippen molar-refractivity contribution in [3.8, 4) is 0 Å². The summed E-state index contributed by atoms with van der Waals surface area (Å²) in [4.78, 5) is 15.5. The molecule has 0 saturated heterocycles. The highest BCUT2D eigenvalue weighted by Crippen LogP contribution is 2.35. The third-order valence-corrected chi connectivity index (χ3v) is 4.15. The monoisotopic (exact) mass is 291 g/mol. The largest absolute Gasteiger partial charge is 0.370 e. The van der Waals surface area contributed by atoms with Crippen molar-refractivity contribution < 1.29 is 9.18 Å². The van der Waals surface area contributed by atoms with Gasteiger partial charge in [0.1, 0.15) is 5.82 Å². The van der Waals surface area contributed by atoms with Crippen molar-refractivity contribution >= 4 is 11.9 Å². The predicted octanol–water partition coefficient (Wildman–Crippen LogP) is 2.60. The molecular formula is C16H22FN3O. The first-order chi connectivity index (χ1) is 9.97. The third-order valence-electron chi connectivity index (χ3n) is 4.15. The molecule has 5 heteroatoms. The quantitative estimate of drug-likeness (QED) is 0.499. The number of guanidine groups is 1. The number of aliphatic imine (C=N–C) groups is 1. The molecule has 0 spiro atoms. The first-order valence-electron chi connectivity index (χ1n) is 7.37. The summed E-state index contributed by atoms with van der Waals surface area (Å²) in [7, 11) is 0. The summed E-state index contributed by atoms with van der Waals surface area (Å²) < 4.78 is 14.1. The topological polar surface area (TPSA) is 81.5 Å². The SMILES string of the molecule is Cc1ccc(C2CCCC(C(=O)N=C(N)N)CC2)c(F)c1. The van der Waals surface area contributed by atoms with E-state index in [0.717, 1.165) is 36.8 Å². The zero-order valence-corrected chi connectivity index (χ0v) is 12.3. The molecule has 1 fully saturated rings. The maximum absolute atomic E-state index is 14.1. The van der Waals surface area contributed by atoms with Gasteiger partial charge in [0.25, 0.3) is 5.91 Å². The Bertz CT molecular complexity index is 552. The number of hydrogen-bond acceptors (Lipinski definition) is 1.